The molecule has 1 aromatic rings. The van der Waals surface area contributed by atoms with Gasteiger partial charge >= 0.3 is 0 Å². The first-order valence-electron chi connectivity index (χ1n) is 3.86. The monoisotopic (exact) mass is 274 g/mol. The molecule has 0 N–H and O–H groups in total. The predicted molar refractivity (Wildman–Crippen MR) is 54.7 cm³/mol. The molecular weight excluding hydrogens is 269 g/mol. The van der Waals surface area contributed by atoms with Crippen molar-refractivity contribution in [2.45, 2.75) is 6.42 Å². The summed E-state index contributed by atoms with van der Waals surface area (Å²) in [4.78, 5) is 0. The summed E-state index contributed by atoms with van der Waals surface area (Å²) in [7, 11) is 1.26. The number of halogens is 4. The minimum Gasteiger partial charge on any atom is -0.212 e. The minimum atomic E-state index is -3.69. The number of benzene rings is 1. The van der Waals surface area contributed by atoms with Crippen molar-refractivity contribution in [1.82, 2.24) is 0 Å². The second-order valence-electron chi connectivity index (χ2n) is 2.83. The molecule has 0 aliphatic rings. The first-order valence-corrected chi connectivity index (χ1v) is 6.71. The Labute approximate surface area is 95.2 Å². The lowest BCUT2D eigenvalue weighted by molar-refractivity contribution is 0.573. The highest BCUT2D eigenvalue weighted by atomic mass is 35.7. The number of hydrogen-bond acceptors (Lipinski definition) is 2. The van der Waals surface area contributed by atoms with Gasteiger partial charge in [-0.3, -0.25) is 0 Å². The Morgan fingerprint density at radius 3 is 2.40 bits per heavy atom. The highest BCUT2D eigenvalue weighted by molar-refractivity contribution is 8.13. The molecule has 0 amide bonds. The third kappa shape index (κ3) is 3.59. The molecular formula is C8H6Cl2F2O2S. The summed E-state index contributed by atoms with van der Waals surface area (Å²) in [6.45, 7) is 0. The second kappa shape index (κ2) is 4.63. The van der Waals surface area contributed by atoms with Crippen LogP contribution in [0.5, 0.6) is 0 Å². The standard InChI is InChI=1S/C8H6Cl2F2O2S/c9-7-6(11)2-1-5(8(7)12)3-4-15(10,13)14/h1-2H,3-4H2. The van der Waals surface area contributed by atoms with Crippen molar-refractivity contribution in [2.75, 3.05) is 5.75 Å². The normalized spacial score (nSPS) is 11.7. The lowest BCUT2D eigenvalue weighted by Gasteiger charge is -2.03. The van der Waals surface area contributed by atoms with Gasteiger partial charge in [-0.05, 0) is 18.1 Å². The van der Waals surface area contributed by atoms with E-state index in [0.717, 1.165) is 12.1 Å². The Bertz CT molecular complexity index is 474. The van der Waals surface area contributed by atoms with Crippen LogP contribution in [0.15, 0.2) is 12.1 Å². The molecule has 0 heterocycles. The summed E-state index contributed by atoms with van der Waals surface area (Å²) in [6, 6.07) is 2.11. The van der Waals surface area contributed by atoms with Gasteiger partial charge in [0.15, 0.2) is 0 Å². The maximum atomic E-state index is 13.2. The highest BCUT2D eigenvalue weighted by Gasteiger charge is 2.13. The molecule has 15 heavy (non-hydrogen) atoms. The van der Waals surface area contributed by atoms with Crippen LogP contribution < -0.4 is 0 Å². The SMILES string of the molecule is O=S(=O)(Cl)CCc1ccc(F)c(Cl)c1F. The van der Waals surface area contributed by atoms with Crippen LogP contribution in [0, 0.1) is 11.6 Å². The van der Waals surface area contributed by atoms with Gasteiger partial charge in [-0.2, -0.15) is 0 Å². The Morgan fingerprint density at radius 1 is 1.27 bits per heavy atom. The second-order valence-corrected chi connectivity index (χ2v) is 6.10. The zero-order valence-corrected chi connectivity index (χ0v) is 9.63. The maximum absolute atomic E-state index is 13.2. The largest absolute Gasteiger partial charge is 0.232 e. The van der Waals surface area contributed by atoms with E-state index in [9.17, 15) is 17.2 Å². The first-order chi connectivity index (χ1) is 6.81. The van der Waals surface area contributed by atoms with E-state index >= 15 is 0 Å². The van der Waals surface area contributed by atoms with Crippen molar-refractivity contribution < 1.29 is 17.2 Å². The lowest BCUT2D eigenvalue weighted by atomic mass is 10.1. The van der Waals surface area contributed by atoms with Crippen LogP contribution in [0.4, 0.5) is 8.78 Å². The summed E-state index contributed by atoms with van der Waals surface area (Å²) >= 11 is 5.30. The fraction of sp³-hybridized carbons (Fsp3) is 0.250. The summed E-state index contributed by atoms with van der Waals surface area (Å²) in [5.41, 5.74) is 0.0191. The molecule has 0 radical (unpaired) electrons. The summed E-state index contributed by atoms with van der Waals surface area (Å²) in [6.07, 6.45) is -0.141. The number of hydrogen-bond donors (Lipinski definition) is 0. The fourth-order valence-electron chi connectivity index (χ4n) is 0.991. The quantitative estimate of drug-likeness (QED) is 0.628. The molecule has 0 saturated heterocycles. The van der Waals surface area contributed by atoms with Gasteiger partial charge in [-0.25, -0.2) is 17.2 Å². The van der Waals surface area contributed by atoms with Gasteiger partial charge in [-0.1, -0.05) is 17.7 Å². The molecule has 0 aliphatic heterocycles. The summed E-state index contributed by atoms with van der Waals surface area (Å²) < 4.78 is 47.2. The van der Waals surface area contributed by atoms with Gasteiger partial charge in [0.05, 0.1) is 5.75 Å². The van der Waals surface area contributed by atoms with E-state index in [-0.39, 0.29) is 12.0 Å². The molecule has 2 nitrogen and oxygen atoms in total. The zero-order valence-electron chi connectivity index (χ0n) is 7.31. The Kier molecular flexibility index (Phi) is 3.92. The first kappa shape index (κ1) is 12.7. The molecule has 0 aliphatic carbocycles. The third-order valence-electron chi connectivity index (χ3n) is 1.73. The predicted octanol–water partition coefficient (Wildman–Crippen LogP) is 2.73. The van der Waals surface area contributed by atoms with Crippen LogP contribution in [0.25, 0.3) is 0 Å². The summed E-state index contributed by atoms with van der Waals surface area (Å²) in [5.74, 6) is -2.25. The van der Waals surface area contributed by atoms with Crippen molar-refractivity contribution in [1.29, 1.82) is 0 Å². The average molecular weight is 275 g/mol. The molecule has 1 rings (SSSR count). The van der Waals surface area contributed by atoms with Gasteiger partial charge < -0.3 is 0 Å². The molecule has 1 aromatic carbocycles. The van der Waals surface area contributed by atoms with Crippen LogP contribution in [0.3, 0.4) is 0 Å². The zero-order chi connectivity index (χ0) is 11.6. The highest BCUT2D eigenvalue weighted by Crippen LogP contribution is 2.22. The Hall–Kier alpha value is -0.390. The third-order valence-corrected chi connectivity index (χ3v) is 3.23. The molecule has 84 valence electrons. The van der Waals surface area contributed by atoms with Gasteiger partial charge in [0, 0.05) is 10.7 Å². The molecule has 0 fully saturated rings. The van der Waals surface area contributed by atoms with Crippen molar-refractivity contribution >= 4 is 31.3 Å². The topological polar surface area (TPSA) is 34.1 Å². The van der Waals surface area contributed by atoms with E-state index < -0.39 is 31.5 Å². The van der Waals surface area contributed by atoms with Gasteiger partial charge in [0.25, 0.3) is 0 Å². The van der Waals surface area contributed by atoms with Crippen LogP contribution in [-0.2, 0) is 15.5 Å². The summed E-state index contributed by atoms with van der Waals surface area (Å²) in [5, 5.41) is -0.639. The van der Waals surface area contributed by atoms with Crippen molar-refractivity contribution in [3.63, 3.8) is 0 Å². The molecule has 0 saturated carbocycles. The molecule has 0 spiro atoms. The van der Waals surface area contributed by atoms with Crippen LogP contribution in [0.2, 0.25) is 5.02 Å². The van der Waals surface area contributed by atoms with Gasteiger partial charge in [-0.15, -0.1) is 0 Å². The molecule has 0 bridgehead atoms. The molecule has 7 heteroatoms. The van der Waals surface area contributed by atoms with E-state index in [1.165, 1.54) is 0 Å². The van der Waals surface area contributed by atoms with Crippen molar-refractivity contribution in [2.24, 2.45) is 0 Å². The number of rotatable bonds is 3. The smallest absolute Gasteiger partial charge is 0.212 e. The molecule has 0 unspecified atom stereocenters. The van der Waals surface area contributed by atoms with Gasteiger partial charge in [0.1, 0.15) is 16.7 Å². The van der Waals surface area contributed by atoms with E-state index in [2.05, 4.69) is 0 Å². The Morgan fingerprint density at radius 2 is 1.87 bits per heavy atom. The van der Waals surface area contributed by atoms with E-state index in [1.807, 2.05) is 0 Å². The van der Waals surface area contributed by atoms with Crippen molar-refractivity contribution in [3.8, 4) is 0 Å². The minimum absolute atomic E-state index is 0.0191. The van der Waals surface area contributed by atoms with Crippen molar-refractivity contribution in [3.05, 3.63) is 34.4 Å². The van der Waals surface area contributed by atoms with Crippen LogP contribution in [-0.4, -0.2) is 14.2 Å². The van der Waals surface area contributed by atoms with E-state index in [1.54, 1.807) is 0 Å². The van der Waals surface area contributed by atoms with E-state index in [4.69, 9.17) is 22.3 Å². The maximum Gasteiger partial charge on any atom is 0.232 e. The Balaban J connectivity index is 2.93. The van der Waals surface area contributed by atoms with Gasteiger partial charge in [0.2, 0.25) is 9.05 Å². The molecule has 0 atom stereocenters. The van der Waals surface area contributed by atoms with Crippen LogP contribution >= 0.6 is 22.3 Å². The number of aryl methyl sites for hydroxylation is 1. The van der Waals surface area contributed by atoms with Crippen LogP contribution in [0.1, 0.15) is 5.56 Å². The lowest BCUT2D eigenvalue weighted by Crippen LogP contribution is -2.03. The fourth-order valence-corrected chi connectivity index (χ4v) is 1.87. The van der Waals surface area contributed by atoms with E-state index in [0.29, 0.717) is 0 Å². The average Bonchev–Trinajstić information content (AvgIpc) is 2.12. The molecule has 0 aromatic heterocycles.